The van der Waals surface area contributed by atoms with Crippen LogP contribution in [0.25, 0.3) is 0 Å². The van der Waals surface area contributed by atoms with Gasteiger partial charge in [-0.3, -0.25) is 9.78 Å². The number of aromatic nitrogens is 1. The summed E-state index contributed by atoms with van der Waals surface area (Å²) in [6.07, 6.45) is -2.28. The number of pyridine rings is 1. The highest BCUT2D eigenvalue weighted by atomic mass is 19.4. The lowest BCUT2D eigenvalue weighted by Gasteiger charge is -2.08. The molecule has 14 heavy (non-hydrogen) atoms. The first kappa shape index (κ1) is 10.5. The molecule has 0 atom stereocenters. The summed E-state index contributed by atoms with van der Waals surface area (Å²) in [5.74, 6) is -1.99. The van der Waals surface area contributed by atoms with Crippen LogP contribution < -0.4 is 5.32 Å². The highest BCUT2D eigenvalue weighted by molar-refractivity contribution is 5.95. The number of rotatable bonds is 1. The zero-order valence-electron chi connectivity index (χ0n) is 7.22. The van der Waals surface area contributed by atoms with E-state index in [1.165, 1.54) is 18.5 Å². The van der Waals surface area contributed by atoms with E-state index in [9.17, 15) is 18.0 Å². The molecule has 0 fully saturated rings. The summed E-state index contributed by atoms with van der Waals surface area (Å²) in [7, 11) is 0. The fourth-order valence-electron chi connectivity index (χ4n) is 0.788. The molecule has 0 aromatic carbocycles. The molecule has 0 radical (unpaired) electrons. The zero-order valence-corrected chi connectivity index (χ0v) is 7.22. The molecular formula is C8H7F3N2O. The first-order valence-corrected chi connectivity index (χ1v) is 3.70. The van der Waals surface area contributed by atoms with Gasteiger partial charge in [0.1, 0.15) is 0 Å². The minimum absolute atomic E-state index is 0.0647. The topological polar surface area (TPSA) is 42.0 Å². The van der Waals surface area contributed by atoms with Crippen molar-refractivity contribution in [3.8, 4) is 0 Å². The number of alkyl halides is 3. The molecule has 1 aromatic heterocycles. The lowest BCUT2D eigenvalue weighted by atomic mass is 10.2. The second kappa shape index (κ2) is 3.65. The van der Waals surface area contributed by atoms with Gasteiger partial charge in [-0.2, -0.15) is 13.2 Å². The van der Waals surface area contributed by atoms with Gasteiger partial charge in [-0.25, -0.2) is 0 Å². The number of aryl methyl sites for hydroxylation is 1. The first-order chi connectivity index (χ1) is 6.41. The SMILES string of the molecule is Cc1ccncc1NC(=O)C(F)(F)F. The fourth-order valence-corrected chi connectivity index (χ4v) is 0.788. The molecule has 1 heterocycles. The average Bonchev–Trinajstić information content (AvgIpc) is 2.07. The van der Waals surface area contributed by atoms with Crippen molar-refractivity contribution in [2.45, 2.75) is 13.1 Å². The Morgan fingerprint density at radius 1 is 1.50 bits per heavy atom. The molecule has 0 aliphatic heterocycles. The standard InChI is InChI=1S/C8H7F3N2O/c1-5-2-3-12-4-6(5)13-7(14)8(9,10)11/h2-4H,1H3,(H,13,14). The Labute approximate surface area is 78.0 Å². The van der Waals surface area contributed by atoms with Crippen LogP contribution in [0, 0.1) is 6.92 Å². The summed E-state index contributed by atoms with van der Waals surface area (Å²) in [6.45, 7) is 1.58. The highest BCUT2D eigenvalue weighted by Crippen LogP contribution is 2.19. The monoisotopic (exact) mass is 204 g/mol. The van der Waals surface area contributed by atoms with Crippen molar-refractivity contribution < 1.29 is 18.0 Å². The largest absolute Gasteiger partial charge is 0.471 e. The maximum Gasteiger partial charge on any atom is 0.471 e. The van der Waals surface area contributed by atoms with Crippen LogP contribution in [-0.4, -0.2) is 17.1 Å². The number of halogens is 3. The number of anilines is 1. The predicted octanol–water partition coefficient (Wildman–Crippen LogP) is 1.89. The van der Waals surface area contributed by atoms with Gasteiger partial charge in [0.05, 0.1) is 11.9 Å². The van der Waals surface area contributed by atoms with E-state index in [1.807, 2.05) is 0 Å². The summed E-state index contributed by atoms with van der Waals surface area (Å²) in [5, 5.41) is 1.72. The fraction of sp³-hybridized carbons (Fsp3) is 0.250. The van der Waals surface area contributed by atoms with Gasteiger partial charge in [-0.15, -0.1) is 0 Å². The van der Waals surface area contributed by atoms with E-state index in [2.05, 4.69) is 4.98 Å². The number of carbonyl (C=O) groups excluding carboxylic acids is 1. The second-order valence-corrected chi connectivity index (χ2v) is 2.64. The van der Waals surface area contributed by atoms with E-state index in [4.69, 9.17) is 0 Å². The molecule has 0 saturated heterocycles. The number of amides is 1. The van der Waals surface area contributed by atoms with Crippen LogP contribution in [0.3, 0.4) is 0 Å². The summed E-state index contributed by atoms with van der Waals surface area (Å²) >= 11 is 0. The molecule has 1 N–H and O–H groups in total. The van der Waals surface area contributed by atoms with E-state index in [0.717, 1.165) is 0 Å². The van der Waals surface area contributed by atoms with Gasteiger partial charge in [0.2, 0.25) is 0 Å². The third kappa shape index (κ3) is 2.45. The molecule has 0 spiro atoms. The van der Waals surface area contributed by atoms with Crippen molar-refractivity contribution in [2.24, 2.45) is 0 Å². The Morgan fingerprint density at radius 3 is 2.64 bits per heavy atom. The normalized spacial score (nSPS) is 11.1. The Bertz CT molecular complexity index is 349. The van der Waals surface area contributed by atoms with Crippen LogP contribution in [0.4, 0.5) is 18.9 Å². The van der Waals surface area contributed by atoms with Crippen molar-refractivity contribution in [1.82, 2.24) is 4.98 Å². The average molecular weight is 204 g/mol. The van der Waals surface area contributed by atoms with Crippen molar-refractivity contribution >= 4 is 11.6 Å². The maximum atomic E-state index is 11.8. The number of nitrogens with one attached hydrogen (secondary N) is 1. The molecule has 1 aromatic rings. The molecular weight excluding hydrogens is 197 g/mol. The Hall–Kier alpha value is -1.59. The van der Waals surface area contributed by atoms with E-state index in [1.54, 1.807) is 12.2 Å². The molecule has 0 bridgehead atoms. The van der Waals surface area contributed by atoms with Crippen LogP contribution in [-0.2, 0) is 4.79 Å². The van der Waals surface area contributed by atoms with Gasteiger partial charge < -0.3 is 5.32 Å². The molecule has 76 valence electrons. The summed E-state index contributed by atoms with van der Waals surface area (Å²) in [4.78, 5) is 14.1. The highest BCUT2D eigenvalue weighted by Gasteiger charge is 2.38. The number of hydrogen-bond acceptors (Lipinski definition) is 2. The smallest absolute Gasteiger partial charge is 0.317 e. The van der Waals surface area contributed by atoms with Crippen LogP contribution in [0.1, 0.15) is 5.56 Å². The van der Waals surface area contributed by atoms with E-state index in [-0.39, 0.29) is 5.69 Å². The van der Waals surface area contributed by atoms with Crippen molar-refractivity contribution in [3.63, 3.8) is 0 Å². The van der Waals surface area contributed by atoms with E-state index in [0.29, 0.717) is 5.56 Å². The summed E-state index contributed by atoms with van der Waals surface area (Å²) in [5.41, 5.74) is 0.590. The van der Waals surface area contributed by atoms with Crippen LogP contribution >= 0.6 is 0 Å². The maximum absolute atomic E-state index is 11.8. The minimum Gasteiger partial charge on any atom is -0.317 e. The van der Waals surface area contributed by atoms with Crippen molar-refractivity contribution in [1.29, 1.82) is 0 Å². The van der Waals surface area contributed by atoms with E-state index < -0.39 is 12.1 Å². The van der Waals surface area contributed by atoms with Crippen molar-refractivity contribution in [3.05, 3.63) is 24.0 Å². The van der Waals surface area contributed by atoms with Crippen LogP contribution in [0.15, 0.2) is 18.5 Å². The third-order valence-electron chi connectivity index (χ3n) is 1.54. The molecule has 3 nitrogen and oxygen atoms in total. The van der Waals surface area contributed by atoms with Gasteiger partial charge in [0, 0.05) is 6.20 Å². The molecule has 1 rings (SSSR count). The van der Waals surface area contributed by atoms with Crippen LogP contribution in [0.5, 0.6) is 0 Å². The van der Waals surface area contributed by atoms with Gasteiger partial charge in [-0.1, -0.05) is 0 Å². The van der Waals surface area contributed by atoms with Gasteiger partial charge in [-0.05, 0) is 18.6 Å². The molecule has 0 unspecified atom stereocenters. The molecule has 1 amide bonds. The Morgan fingerprint density at radius 2 is 2.14 bits per heavy atom. The second-order valence-electron chi connectivity index (χ2n) is 2.64. The van der Waals surface area contributed by atoms with E-state index >= 15 is 0 Å². The van der Waals surface area contributed by atoms with Gasteiger partial charge >= 0.3 is 12.1 Å². The zero-order chi connectivity index (χ0) is 10.8. The molecule has 0 saturated carbocycles. The number of carbonyl (C=O) groups is 1. The minimum atomic E-state index is -4.87. The lowest BCUT2D eigenvalue weighted by molar-refractivity contribution is -0.167. The quantitative estimate of drug-likeness (QED) is 0.758. The molecule has 0 aliphatic carbocycles. The van der Waals surface area contributed by atoms with Crippen LogP contribution in [0.2, 0.25) is 0 Å². The summed E-state index contributed by atoms with van der Waals surface area (Å²) < 4.78 is 35.5. The van der Waals surface area contributed by atoms with Crippen molar-refractivity contribution in [2.75, 3.05) is 5.32 Å². The summed E-state index contributed by atoms with van der Waals surface area (Å²) in [6, 6.07) is 1.51. The first-order valence-electron chi connectivity index (χ1n) is 3.70. The predicted molar refractivity (Wildman–Crippen MR) is 43.7 cm³/mol. The Kier molecular flexibility index (Phi) is 2.73. The number of hydrogen-bond donors (Lipinski definition) is 1. The molecule has 0 aliphatic rings. The Balaban J connectivity index is 2.80. The number of nitrogens with zero attached hydrogens (tertiary/aromatic N) is 1. The van der Waals surface area contributed by atoms with Gasteiger partial charge in [0.15, 0.2) is 0 Å². The van der Waals surface area contributed by atoms with Gasteiger partial charge in [0.25, 0.3) is 0 Å². The third-order valence-corrected chi connectivity index (χ3v) is 1.54. The molecule has 6 heteroatoms. The lowest BCUT2D eigenvalue weighted by Crippen LogP contribution is -2.30.